The molecule has 3 N–H and O–H groups in total. The summed E-state index contributed by atoms with van der Waals surface area (Å²) in [6, 6.07) is -0.899. The quantitative estimate of drug-likeness (QED) is 0.403. The predicted molar refractivity (Wildman–Crippen MR) is 35.7 cm³/mol. The number of hydrogen-bond acceptors (Lipinski definition) is 3. The lowest BCUT2D eigenvalue weighted by molar-refractivity contribution is -0.116. The van der Waals surface area contributed by atoms with Crippen LogP contribution in [0.4, 0.5) is 9.59 Å². The molecule has 2 atom stereocenters. The summed E-state index contributed by atoms with van der Waals surface area (Å²) in [5.41, 5.74) is 0. The first kappa shape index (κ1) is 6.89. The van der Waals surface area contributed by atoms with Crippen LogP contribution >= 0.6 is 0 Å². The molecule has 64 valence electrons. The minimum Gasteiger partial charge on any atom is -0.314 e. The Labute approximate surface area is 67.1 Å². The molecule has 7 nitrogen and oxygen atoms in total. The summed E-state index contributed by atoms with van der Waals surface area (Å²) in [7, 11) is 0. The van der Waals surface area contributed by atoms with Gasteiger partial charge in [0.25, 0.3) is 0 Å². The fourth-order valence-corrected chi connectivity index (χ4v) is 1.27. The number of carbonyl (C=O) groups is 3. The number of imide groups is 1. The summed E-state index contributed by atoms with van der Waals surface area (Å²) in [6.45, 7) is 0. The number of carbonyl (C=O) groups excluding carboxylic acids is 3. The van der Waals surface area contributed by atoms with E-state index in [4.69, 9.17) is 0 Å². The van der Waals surface area contributed by atoms with Crippen LogP contribution in [-0.2, 0) is 4.79 Å². The average molecular weight is 170 g/mol. The van der Waals surface area contributed by atoms with Gasteiger partial charge in [-0.1, -0.05) is 0 Å². The van der Waals surface area contributed by atoms with Gasteiger partial charge in [-0.3, -0.25) is 4.79 Å². The lowest BCUT2D eigenvalue weighted by Crippen LogP contribution is -2.42. The molecule has 5 amide bonds. The van der Waals surface area contributed by atoms with E-state index in [0.29, 0.717) is 6.41 Å². The van der Waals surface area contributed by atoms with E-state index in [0.717, 1.165) is 4.90 Å². The van der Waals surface area contributed by atoms with Crippen molar-refractivity contribution in [3.63, 3.8) is 0 Å². The number of nitrogens with zero attached hydrogens (tertiary/aromatic N) is 1. The molecule has 0 aliphatic carbocycles. The van der Waals surface area contributed by atoms with Crippen LogP contribution in [-0.4, -0.2) is 35.7 Å². The highest BCUT2D eigenvalue weighted by molar-refractivity contribution is 5.91. The Kier molecular flexibility index (Phi) is 1.20. The molecule has 0 spiro atoms. The van der Waals surface area contributed by atoms with Crippen LogP contribution in [0.5, 0.6) is 0 Å². The zero-order valence-electron chi connectivity index (χ0n) is 5.90. The normalized spacial score (nSPS) is 32.2. The second kappa shape index (κ2) is 2.10. The maximum Gasteiger partial charge on any atom is 0.327 e. The summed E-state index contributed by atoms with van der Waals surface area (Å²) in [5.74, 6) is 0. The van der Waals surface area contributed by atoms with Crippen molar-refractivity contribution in [3.8, 4) is 0 Å². The smallest absolute Gasteiger partial charge is 0.314 e. The summed E-state index contributed by atoms with van der Waals surface area (Å²) < 4.78 is 0. The van der Waals surface area contributed by atoms with E-state index in [9.17, 15) is 14.4 Å². The average Bonchev–Trinajstić information content (AvgIpc) is 2.43. The number of fused-ring (bicyclic) bond motifs is 1. The Morgan fingerprint density at radius 2 is 2.00 bits per heavy atom. The maximum absolute atomic E-state index is 10.9. The van der Waals surface area contributed by atoms with Crippen molar-refractivity contribution >= 4 is 18.5 Å². The van der Waals surface area contributed by atoms with E-state index in [1.54, 1.807) is 0 Å². The van der Waals surface area contributed by atoms with Crippen LogP contribution in [0.25, 0.3) is 0 Å². The van der Waals surface area contributed by atoms with Gasteiger partial charge in [0, 0.05) is 0 Å². The van der Waals surface area contributed by atoms with Crippen molar-refractivity contribution in [2.45, 2.75) is 12.3 Å². The van der Waals surface area contributed by atoms with Gasteiger partial charge in [0.15, 0.2) is 6.17 Å². The molecule has 2 fully saturated rings. The molecule has 0 radical (unpaired) electrons. The highest BCUT2D eigenvalue weighted by Gasteiger charge is 2.45. The SMILES string of the molecule is O=CN1C(=O)NC2NC(=O)NC21. The van der Waals surface area contributed by atoms with E-state index in [-0.39, 0.29) is 0 Å². The molecule has 0 saturated carbocycles. The second-order valence-electron chi connectivity index (χ2n) is 2.50. The third kappa shape index (κ3) is 0.728. The highest BCUT2D eigenvalue weighted by atomic mass is 16.2. The number of nitrogens with one attached hydrogen (secondary N) is 3. The Balaban J connectivity index is 2.22. The van der Waals surface area contributed by atoms with Gasteiger partial charge in [0.1, 0.15) is 6.17 Å². The molecule has 0 bridgehead atoms. The van der Waals surface area contributed by atoms with Gasteiger partial charge in [-0.15, -0.1) is 0 Å². The molecule has 2 unspecified atom stereocenters. The van der Waals surface area contributed by atoms with Crippen LogP contribution in [0.15, 0.2) is 0 Å². The maximum atomic E-state index is 10.9. The van der Waals surface area contributed by atoms with E-state index in [1.165, 1.54) is 0 Å². The summed E-state index contributed by atoms with van der Waals surface area (Å²) in [6.07, 6.45) is -0.717. The third-order valence-electron chi connectivity index (χ3n) is 1.81. The zero-order chi connectivity index (χ0) is 8.72. The minimum atomic E-state index is -0.595. The van der Waals surface area contributed by atoms with Crippen molar-refractivity contribution in [2.24, 2.45) is 0 Å². The van der Waals surface area contributed by atoms with Gasteiger partial charge in [-0.05, 0) is 0 Å². The van der Waals surface area contributed by atoms with Gasteiger partial charge >= 0.3 is 12.1 Å². The molecule has 2 heterocycles. The molecule has 12 heavy (non-hydrogen) atoms. The second-order valence-corrected chi connectivity index (χ2v) is 2.50. The Morgan fingerprint density at radius 1 is 1.25 bits per heavy atom. The molecule has 2 aliphatic heterocycles. The molecule has 2 rings (SSSR count). The monoisotopic (exact) mass is 170 g/mol. The number of amides is 5. The summed E-state index contributed by atoms with van der Waals surface area (Å²) in [5, 5.41) is 7.24. The fraction of sp³-hybridized carbons (Fsp3) is 0.400. The Hall–Kier alpha value is -1.79. The molecule has 0 aromatic heterocycles. The number of hydrogen-bond donors (Lipinski definition) is 3. The Bertz CT molecular complexity index is 265. The minimum absolute atomic E-state index is 0.382. The molecule has 7 heteroatoms. The van der Waals surface area contributed by atoms with Gasteiger partial charge in [0.05, 0.1) is 0 Å². The first-order valence-electron chi connectivity index (χ1n) is 3.33. The van der Waals surface area contributed by atoms with Crippen LogP contribution in [0.3, 0.4) is 0 Å². The standard InChI is InChI=1S/C5H6N4O3/c10-1-9-3-2(7-5(9)12)6-4(11)8-3/h1-3H,(H,7,12)(H2,6,8,11). The lowest BCUT2D eigenvalue weighted by atomic mass is 10.4. The van der Waals surface area contributed by atoms with Crippen molar-refractivity contribution in [2.75, 3.05) is 0 Å². The van der Waals surface area contributed by atoms with Crippen molar-refractivity contribution in [3.05, 3.63) is 0 Å². The Morgan fingerprint density at radius 3 is 2.67 bits per heavy atom. The topological polar surface area (TPSA) is 90.5 Å². The van der Waals surface area contributed by atoms with Crippen molar-refractivity contribution < 1.29 is 14.4 Å². The van der Waals surface area contributed by atoms with Gasteiger partial charge in [0.2, 0.25) is 6.41 Å². The van der Waals surface area contributed by atoms with Crippen LogP contribution < -0.4 is 16.0 Å². The third-order valence-corrected chi connectivity index (χ3v) is 1.81. The first-order valence-corrected chi connectivity index (χ1v) is 3.33. The largest absolute Gasteiger partial charge is 0.327 e. The molecular weight excluding hydrogens is 164 g/mol. The van der Waals surface area contributed by atoms with Crippen LogP contribution in [0, 0.1) is 0 Å². The summed E-state index contributed by atoms with van der Waals surface area (Å²) >= 11 is 0. The van der Waals surface area contributed by atoms with Gasteiger partial charge in [-0.25, -0.2) is 14.5 Å². The zero-order valence-corrected chi connectivity index (χ0v) is 5.90. The van der Waals surface area contributed by atoms with Crippen LogP contribution in [0.2, 0.25) is 0 Å². The van der Waals surface area contributed by atoms with Gasteiger partial charge in [-0.2, -0.15) is 0 Å². The molecule has 2 aliphatic rings. The van der Waals surface area contributed by atoms with Gasteiger partial charge < -0.3 is 16.0 Å². The lowest BCUT2D eigenvalue weighted by Gasteiger charge is -2.12. The number of rotatable bonds is 1. The van der Waals surface area contributed by atoms with Crippen molar-refractivity contribution in [1.82, 2.24) is 20.9 Å². The highest BCUT2D eigenvalue weighted by Crippen LogP contribution is 2.10. The molecule has 0 aromatic carbocycles. The number of urea groups is 2. The molecule has 0 aromatic rings. The van der Waals surface area contributed by atoms with E-state index < -0.39 is 24.4 Å². The first-order chi connectivity index (χ1) is 5.72. The van der Waals surface area contributed by atoms with Crippen molar-refractivity contribution in [1.29, 1.82) is 0 Å². The molecular formula is C5H6N4O3. The van der Waals surface area contributed by atoms with E-state index >= 15 is 0 Å². The fourth-order valence-electron chi connectivity index (χ4n) is 1.27. The van der Waals surface area contributed by atoms with Crippen LogP contribution in [0.1, 0.15) is 0 Å². The predicted octanol–water partition coefficient (Wildman–Crippen LogP) is -1.87. The molecule has 2 saturated heterocycles. The van der Waals surface area contributed by atoms with E-state index in [2.05, 4.69) is 16.0 Å². The van der Waals surface area contributed by atoms with E-state index in [1.807, 2.05) is 0 Å². The summed E-state index contributed by atoms with van der Waals surface area (Å²) in [4.78, 5) is 32.9.